The van der Waals surface area contributed by atoms with Crippen LogP contribution in [0.4, 0.5) is 0 Å². The molecule has 0 aromatic carbocycles. The van der Waals surface area contributed by atoms with E-state index in [0.29, 0.717) is 24.8 Å². The number of carbonyl (C=O) groups is 2. The fourth-order valence-electron chi connectivity index (χ4n) is 3.43. The Bertz CT molecular complexity index is 408. The molecule has 2 heterocycles. The fourth-order valence-corrected chi connectivity index (χ4v) is 3.43. The number of ether oxygens (including phenoxy) is 1. The summed E-state index contributed by atoms with van der Waals surface area (Å²) < 4.78 is 5.59. The molecule has 0 aromatic rings. The third-order valence-electron chi connectivity index (χ3n) is 4.97. The van der Waals surface area contributed by atoms with Crippen molar-refractivity contribution in [1.82, 2.24) is 10.2 Å². The lowest BCUT2D eigenvalue weighted by Gasteiger charge is -2.40. The van der Waals surface area contributed by atoms with Crippen LogP contribution in [-0.4, -0.2) is 48.1 Å². The van der Waals surface area contributed by atoms with Gasteiger partial charge in [-0.3, -0.25) is 9.59 Å². The summed E-state index contributed by atoms with van der Waals surface area (Å²) in [5.41, 5.74) is 0. The van der Waals surface area contributed by atoms with Crippen molar-refractivity contribution in [3.63, 3.8) is 0 Å². The molecule has 1 N–H and O–H groups in total. The van der Waals surface area contributed by atoms with Crippen LogP contribution < -0.4 is 5.32 Å². The lowest BCUT2D eigenvalue weighted by molar-refractivity contribution is -0.151. The lowest BCUT2D eigenvalue weighted by Crippen LogP contribution is -2.64. The second-order valence-electron chi connectivity index (χ2n) is 6.36. The fraction of sp³-hybridized carbons (Fsp3) is 0.867. The minimum atomic E-state index is -0.301. The molecule has 5 heteroatoms. The summed E-state index contributed by atoms with van der Waals surface area (Å²) in [4.78, 5) is 26.8. The first-order valence-corrected chi connectivity index (χ1v) is 7.84. The van der Waals surface area contributed by atoms with Crippen LogP contribution in [0, 0.1) is 11.8 Å². The van der Waals surface area contributed by atoms with E-state index in [2.05, 4.69) is 12.2 Å². The summed E-state index contributed by atoms with van der Waals surface area (Å²) in [6, 6.07) is -0.576. The van der Waals surface area contributed by atoms with E-state index in [1.807, 2.05) is 11.8 Å². The largest absolute Gasteiger partial charge is 0.378 e. The van der Waals surface area contributed by atoms with Gasteiger partial charge in [0.15, 0.2) is 0 Å². The van der Waals surface area contributed by atoms with Crippen molar-refractivity contribution in [1.29, 1.82) is 0 Å². The number of nitrogens with zero attached hydrogens (tertiary/aromatic N) is 1. The van der Waals surface area contributed by atoms with Crippen molar-refractivity contribution in [2.24, 2.45) is 11.8 Å². The molecule has 0 radical (unpaired) electrons. The third kappa shape index (κ3) is 2.43. The number of piperazine rings is 1. The topological polar surface area (TPSA) is 58.6 Å². The zero-order valence-electron chi connectivity index (χ0n) is 12.3. The summed E-state index contributed by atoms with van der Waals surface area (Å²) >= 11 is 0. The van der Waals surface area contributed by atoms with Crippen LogP contribution in [0.2, 0.25) is 0 Å². The monoisotopic (exact) mass is 280 g/mol. The Morgan fingerprint density at radius 2 is 2.05 bits per heavy atom. The molecule has 3 fully saturated rings. The van der Waals surface area contributed by atoms with E-state index < -0.39 is 0 Å². The molecule has 3 rings (SSSR count). The van der Waals surface area contributed by atoms with Crippen molar-refractivity contribution >= 4 is 11.8 Å². The Morgan fingerprint density at radius 1 is 1.30 bits per heavy atom. The smallest absolute Gasteiger partial charge is 0.246 e. The highest BCUT2D eigenvalue weighted by atomic mass is 16.5. The van der Waals surface area contributed by atoms with Gasteiger partial charge in [0.2, 0.25) is 11.8 Å². The summed E-state index contributed by atoms with van der Waals surface area (Å²) in [6.07, 6.45) is 3.97. The van der Waals surface area contributed by atoms with Crippen molar-refractivity contribution in [3.05, 3.63) is 0 Å². The Labute approximate surface area is 120 Å². The molecule has 4 atom stereocenters. The van der Waals surface area contributed by atoms with Gasteiger partial charge in [-0.25, -0.2) is 0 Å². The second kappa shape index (κ2) is 5.35. The molecule has 2 saturated heterocycles. The van der Waals surface area contributed by atoms with E-state index in [1.165, 1.54) is 0 Å². The summed E-state index contributed by atoms with van der Waals surface area (Å²) in [6.45, 7) is 5.46. The molecule has 0 aromatic heterocycles. The van der Waals surface area contributed by atoms with Crippen LogP contribution in [0.15, 0.2) is 0 Å². The van der Waals surface area contributed by atoms with E-state index in [4.69, 9.17) is 4.74 Å². The first-order valence-electron chi connectivity index (χ1n) is 7.84. The molecule has 5 nitrogen and oxygen atoms in total. The Kier molecular flexibility index (Phi) is 3.71. The molecule has 1 aliphatic carbocycles. The predicted octanol–water partition coefficient (Wildman–Crippen LogP) is 0.927. The highest BCUT2D eigenvalue weighted by Gasteiger charge is 2.47. The quantitative estimate of drug-likeness (QED) is 0.833. The van der Waals surface area contributed by atoms with Gasteiger partial charge in [0.25, 0.3) is 0 Å². The van der Waals surface area contributed by atoms with Crippen molar-refractivity contribution < 1.29 is 14.3 Å². The molecular formula is C15H24N2O3. The molecule has 0 bridgehead atoms. The Balaban J connectivity index is 1.75. The maximum Gasteiger partial charge on any atom is 0.246 e. The van der Waals surface area contributed by atoms with Crippen molar-refractivity contribution in [2.75, 3.05) is 13.2 Å². The SMILES string of the molecule is CCC1C(=O)NC(C2CC2)C(=O)N1CC1CCOC1C. The average Bonchev–Trinajstić information content (AvgIpc) is 3.18. The maximum absolute atomic E-state index is 12.7. The van der Waals surface area contributed by atoms with Crippen LogP contribution in [0.5, 0.6) is 0 Å². The second-order valence-corrected chi connectivity index (χ2v) is 6.36. The number of hydrogen-bond acceptors (Lipinski definition) is 3. The van der Waals surface area contributed by atoms with Crippen LogP contribution in [0.3, 0.4) is 0 Å². The molecule has 2 amide bonds. The Hall–Kier alpha value is -1.10. The zero-order valence-corrected chi connectivity index (χ0v) is 12.3. The molecule has 0 spiro atoms. The van der Waals surface area contributed by atoms with Gasteiger partial charge in [0.05, 0.1) is 6.10 Å². The molecule has 112 valence electrons. The number of carbonyl (C=O) groups excluding carboxylic acids is 2. The van der Waals surface area contributed by atoms with Crippen LogP contribution >= 0.6 is 0 Å². The highest BCUT2D eigenvalue weighted by Crippen LogP contribution is 2.36. The van der Waals surface area contributed by atoms with Crippen LogP contribution in [-0.2, 0) is 14.3 Å². The molecule has 2 aliphatic heterocycles. The Morgan fingerprint density at radius 3 is 2.60 bits per heavy atom. The van der Waals surface area contributed by atoms with Gasteiger partial charge in [0.1, 0.15) is 12.1 Å². The normalized spacial score (nSPS) is 38.2. The van der Waals surface area contributed by atoms with Gasteiger partial charge in [-0.1, -0.05) is 6.92 Å². The van der Waals surface area contributed by atoms with Gasteiger partial charge >= 0.3 is 0 Å². The number of hydrogen-bond donors (Lipinski definition) is 1. The first kappa shape index (κ1) is 13.9. The van der Waals surface area contributed by atoms with Crippen LogP contribution in [0.1, 0.15) is 39.5 Å². The van der Waals surface area contributed by atoms with Gasteiger partial charge in [0, 0.05) is 19.1 Å². The zero-order chi connectivity index (χ0) is 14.3. The van der Waals surface area contributed by atoms with Crippen molar-refractivity contribution in [2.45, 2.75) is 57.7 Å². The summed E-state index contributed by atoms with van der Waals surface area (Å²) in [7, 11) is 0. The standard InChI is InChI=1S/C15H24N2O3/c1-3-12-14(18)16-13(10-4-5-10)15(19)17(12)8-11-6-7-20-9(11)2/h9-13H,3-8H2,1-2H3,(H,16,18). The third-order valence-corrected chi connectivity index (χ3v) is 4.97. The highest BCUT2D eigenvalue weighted by molar-refractivity contribution is 5.97. The molecule has 20 heavy (non-hydrogen) atoms. The van der Waals surface area contributed by atoms with Gasteiger partial charge in [-0.2, -0.15) is 0 Å². The van der Waals surface area contributed by atoms with Crippen molar-refractivity contribution in [3.8, 4) is 0 Å². The van der Waals surface area contributed by atoms with Crippen LogP contribution in [0.25, 0.3) is 0 Å². The molecular weight excluding hydrogens is 256 g/mol. The van der Waals surface area contributed by atoms with Gasteiger partial charge < -0.3 is 15.0 Å². The molecule has 3 aliphatic rings. The number of nitrogens with one attached hydrogen (secondary N) is 1. The average molecular weight is 280 g/mol. The number of amides is 2. The van der Waals surface area contributed by atoms with E-state index in [-0.39, 0.29) is 30.0 Å². The predicted molar refractivity (Wildman–Crippen MR) is 74.0 cm³/mol. The molecule has 4 unspecified atom stereocenters. The van der Waals surface area contributed by atoms with E-state index in [9.17, 15) is 9.59 Å². The van der Waals surface area contributed by atoms with Gasteiger partial charge in [-0.05, 0) is 38.5 Å². The lowest BCUT2D eigenvalue weighted by atomic mass is 9.96. The van der Waals surface area contributed by atoms with E-state index >= 15 is 0 Å². The number of rotatable bonds is 4. The van der Waals surface area contributed by atoms with Gasteiger partial charge in [-0.15, -0.1) is 0 Å². The maximum atomic E-state index is 12.7. The summed E-state index contributed by atoms with van der Waals surface area (Å²) in [5, 5.41) is 2.93. The van der Waals surface area contributed by atoms with E-state index in [0.717, 1.165) is 25.9 Å². The molecule has 1 saturated carbocycles. The van der Waals surface area contributed by atoms with E-state index in [1.54, 1.807) is 0 Å². The summed E-state index contributed by atoms with van der Waals surface area (Å²) in [5.74, 6) is 0.872. The minimum absolute atomic E-state index is 0.0237. The first-order chi connectivity index (χ1) is 9.61. The minimum Gasteiger partial charge on any atom is -0.378 e.